The topological polar surface area (TPSA) is 135 Å². The van der Waals surface area contributed by atoms with Gasteiger partial charge in [0.05, 0.1) is 21.6 Å². The zero-order chi connectivity index (χ0) is 25.2. The van der Waals surface area contributed by atoms with Crippen LogP contribution < -0.4 is 5.32 Å². The lowest BCUT2D eigenvalue weighted by atomic mass is 9.74. The lowest BCUT2D eigenvalue weighted by molar-refractivity contribution is -0.151. The molecule has 3 N–H and O–H groups in total. The third kappa shape index (κ3) is 4.95. The molecule has 4 rings (SSSR count). The number of halogens is 2. The molecule has 11 heteroatoms. The second kappa shape index (κ2) is 9.72. The zero-order valence-corrected chi connectivity index (χ0v) is 19.6. The molecule has 0 radical (unpaired) electrons. The molecule has 0 spiro atoms. The van der Waals surface area contributed by atoms with E-state index in [4.69, 9.17) is 11.6 Å². The molecule has 0 unspecified atom stereocenters. The van der Waals surface area contributed by atoms with E-state index in [1.54, 1.807) is 18.2 Å². The van der Waals surface area contributed by atoms with E-state index < -0.39 is 23.1 Å². The van der Waals surface area contributed by atoms with Gasteiger partial charge < -0.3 is 15.3 Å². The molecule has 0 atom stereocenters. The molecule has 180 valence electrons. The molecule has 0 bridgehead atoms. The van der Waals surface area contributed by atoms with Crippen LogP contribution in [0, 0.1) is 29.5 Å². The first kappa shape index (κ1) is 24.2. The number of hydrogen-bond acceptors (Lipinski definition) is 6. The van der Waals surface area contributed by atoms with Crippen molar-refractivity contribution < 1.29 is 19.1 Å². The molecule has 9 nitrogen and oxygen atoms in total. The van der Waals surface area contributed by atoms with Gasteiger partial charge in [0.2, 0.25) is 0 Å². The molecule has 2 aromatic heterocycles. The molecular weight excluding hydrogens is 475 g/mol. The van der Waals surface area contributed by atoms with Crippen molar-refractivity contribution in [2.75, 3.05) is 18.4 Å². The Labute approximate surface area is 205 Å². The summed E-state index contributed by atoms with van der Waals surface area (Å²) in [7, 11) is 0. The average molecular weight is 497 g/mol. The molecule has 0 aliphatic carbocycles. The smallest absolute Gasteiger partial charge is 0.310 e. The van der Waals surface area contributed by atoms with Crippen molar-refractivity contribution in [2.45, 2.75) is 26.2 Å². The van der Waals surface area contributed by atoms with Gasteiger partial charge in [0, 0.05) is 37.0 Å². The highest BCUT2D eigenvalue weighted by Gasteiger charge is 2.43. The maximum Gasteiger partial charge on any atom is 0.310 e. The molecule has 35 heavy (non-hydrogen) atoms. The fourth-order valence-electron chi connectivity index (χ4n) is 4.18. The monoisotopic (exact) mass is 496 g/mol. The van der Waals surface area contributed by atoms with Crippen LogP contribution in [0.15, 0.2) is 36.4 Å². The van der Waals surface area contributed by atoms with Gasteiger partial charge in [-0.2, -0.15) is 10.4 Å². The number of nitriles is 1. The average Bonchev–Trinajstić information content (AvgIpc) is 3.25. The minimum atomic E-state index is -1.16. The number of likely N-dealkylation sites (tertiary alicyclic amines) is 1. The molecule has 1 saturated heterocycles. The van der Waals surface area contributed by atoms with Gasteiger partial charge in [-0.15, -0.1) is 0 Å². The Morgan fingerprint density at radius 3 is 2.69 bits per heavy atom. The van der Waals surface area contributed by atoms with Crippen LogP contribution in [0.2, 0.25) is 5.02 Å². The standard InChI is InChI=1S/C24H22ClFN6O3/c1-14-11-19(31-30-14)29-21-15(13-27)5-6-16(28-21)12-24(23(34)35)7-9-32(10-8-24)22(33)17-3-2-4-18(25)20(17)26/h2-6,11H,7-10,12H2,1H3,(H,34,35)(H2,28,29,30,31). The molecule has 1 aliphatic heterocycles. The van der Waals surface area contributed by atoms with E-state index in [-0.39, 0.29) is 48.8 Å². The van der Waals surface area contributed by atoms with Gasteiger partial charge in [-0.1, -0.05) is 17.7 Å². The minimum Gasteiger partial charge on any atom is -0.481 e. The number of nitrogens with zero attached hydrogens (tertiary/aromatic N) is 4. The Morgan fingerprint density at radius 1 is 1.31 bits per heavy atom. The van der Waals surface area contributed by atoms with Gasteiger partial charge in [-0.25, -0.2) is 9.37 Å². The molecular formula is C24H22ClFN6O3. The minimum absolute atomic E-state index is 0.107. The first-order chi connectivity index (χ1) is 16.7. The number of carbonyl (C=O) groups excluding carboxylic acids is 1. The largest absolute Gasteiger partial charge is 0.481 e. The van der Waals surface area contributed by atoms with E-state index in [0.717, 1.165) is 5.69 Å². The highest BCUT2D eigenvalue weighted by molar-refractivity contribution is 6.31. The molecule has 1 amide bonds. The van der Waals surface area contributed by atoms with Crippen LogP contribution in [0.4, 0.5) is 16.0 Å². The van der Waals surface area contributed by atoms with E-state index in [1.165, 1.54) is 23.1 Å². The summed E-state index contributed by atoms with van der Waals surface area (Å²) in [6.45, 7) is 2.12. The van der Waals surface area contributed by atoms with Gasteiger partial charge in [0.1, 0.15) is 11.9 Å². The summed E-state index contributed by atoms with van der Waals surface area (Å²) >= 11 is 5.80. The number of carboxylic acid groups (broad SMARTS) is 1. The number of amides is 1. The number of nitrogens with one attached hydrogen (secondary N) is 2. The maximum atomic E-state index is 14.3. The van der Waals surface area contributed by atoms with Crippen LogP contribution in [0.3, 0.4) is 0 Å². The van der Waals surface area contributed by atoms with Crippen LogP contribution in [-0.2, 0) is 11.2 Å². The summed E-state index contributed by atoms with van der Waals surface area (Å²) in [5, 5.41) is 29.3. The number of rotatable bonds is 6. The Hall–Kier alpha value is -3.97. The maximum absolute atomic E-state index is 14.3. The predicted molar refractivity (Wildman–Crippen MR) is 126 cm³/mol. The fourth-order valence-corrected chi connectivity index (χ4v) is 4.35. The van der Waals surface area contributed by atoms with Gasteiger partial charge in [-0.05, 0) is 44.0 Å². The molecule has 1 aromatic carbocycles. The second-order valence-corrected chi connectivity index (χ2v) is 8.93. The number of aromatic nitrogens is 3. The van der Waals surface area contributed by atoms with Gasteiger partial charge in [-0.3, -0.25) is 14.7 Å². The van der Waals surface area contributed by atoms with Crippen LogP contribution in [0.25, 0.3) is 0 Å². The van der Waals surface area contributed by atoms with Crippen molar-refractivity contribution in [3.05, 3.63) is 69.8 Å². The first-order valence-electron chi connectivity index (χ1n) is 10.9. The number of carbonyl (C=O) groups is 2. The number of piperidine rings is 1. The number of benzene rings is 1. The summed E-state index contributed by atoms with van der Waals surface area (Å²) in [4.78, 5) is 31.1. The number of hydrogen-bond donors (Lipinski definition) is 3. The zero-order valence-electron chi connectivity index (χ0n) is 18.8. The van der Waals surface area contributed by atoms with Crippen molar-refractivity contribution in [1.29, 1.82) is 5.26 Å². The Morgan fingerprint density at radius 2 is 2.06 bits per heavy atom. The molecule has 1 fully saturated rings. The highest BCUT2D eigenvalue weighted by Crippen LogP contribution is 2.36. The molecule has 0 saturated carbocycles. The first-order valence-corrected chi connectivity index (χ1v) is 11.3. The predicted octanol–water partition coefficient (Wildman–Crippen LogP) is 4.07. The third-order valence-electron chi connectivity index (χ3n) is 6.19. The molecule has 3 aromatic rings. The summed E-state index contributed by atoms with van der Waals surface area (Å²) in [5.41, 5.74) is 0.305. The number of aryl methyl sites for hydroxylation is 1. The SMILES string of the molecule is Cc1cc(Nc2nc(CC3(C(=O)O)CCN(C(=O)c4cccc(Cl)c4F)CC3)ccc2C#N)n[nH]1. The molecule has 1 aliphatic rings. The van der Waals surface area contributed by atoms with Gasteiger partial charge in [0.25, 0.3) is 5.91 Å². The Kier molecular flexibility index (Phi) is 6.71. The number of carboxylic acids is 1. The third-order valence-corrected chi connectivity index (χ3v) is 6.48. The number of anilines is 2. The lowest BCUT2D eigenvalue weighted by Crippen LogP contribution is -2.47. The number of H-pyrrole nitrogens is 1. The van der Waals surface area contributed by atoms with Crippen LogP contribution in [-0.4, -0.2) is 50.2 Å². The van der Waals surface area contributed by atoms with Crippen LogP contribution in [0.5, 0.6) is 0 Å². The van der Waals surface area contributed by atoms with E-state index in [0.29, 0.717) is 17.1 Å². The van der Waals surface area contributed by atoms with E-state index >= 15 is 0 Å². The Balaban J connectivity index is 1.52. The second-order valence-electron chi connectivity index (χ2n) is 8.53. The summed E-state index contributed by atoms with van der Waals surface area (Å²) < 4.78 is 14.3. The van der Waals surface area contributed by atoms with Crippen molar-refractivity contribution in [2.24, 2.45) is 5.41 Å². The lowest BCUT2D eigenvalue weighted by Gasteiger charge is -2.39. The number of aliphatic carboxylic acids is 1. The van der Waals surface area contributed by atoms with Crippen molar-refractivity contribution >= 4 is 35.1 Å². The highest BCUT2D eigenvalue weighted by atomic mass is 35.5. The van der Waals surface area contributed by atoms with E-state index in [2.05, 4.69) is 26.6 Å². The van der Waals surface area contributed by atoms with Crippen molar-refractivity contribution in [3.63, 3.8) is 0 Å². The van der Waals surface area contributed by atoms with Gasteiger partial charge in [0.15, 0.2) is 11.6 Å². The van der Waals surface area contributed by atoms with Gasteiger partial charge >= 0.3 is 5.97 Å². The summed E-state index contributed by atoms with van der Waals surface area (Å²) in [6, 6.07) is 11.2. The normalized spacial score (nSPS) is 14.9. The van der Waals surface area contributed by atoms with E-state index in [1.807, 2.05) is 6.92 Å². The van der Waals surface area contributed by atoms with Crippen molar-refractivity contribution in [1.82, 2.24) is 20.1 Å². The van der Waals surface area contributed by atoms with Crippen LogP contribution >= 0.6 is 11.6 Å². The van der Waals surface area contributed by atoms with E-state index in [9.17, 15) is 24.3 Å². The molecule has 3 heterocycles. The van der Waals surface area contributed by atoms with Crippen molar-refractivity contribution in [3.8, 4) is 6.07 Å². The number of pyridine rings is 1. The Bertz CT molecular complexity index is 1330. The summed E-state index contributed by atoms with van der Waals surface area (Å²) in [6.07, 6.45) is 0.439. The number of aromatic amines is 1. The fraction of sp³-hybridized carbons (Fsp3) is 0.292. The van der Waals surface area contributed by atoms with Crippen LogP contribution in [0.1, 0.15) is 40.2 Å². The summed E-state index contributed by atoms with van der Waals surface area (Å²) in [5.74, 6) is -1.55. The quantitative estimate of drug-likeness (QED) is 0.468.